The lowest BCUT2D eigenvalue weighted by Gasteiger charge is -2.00. The van der Waals surface area contributed by atoms with Gasteiger partial charge in [-0.05, 0) is 31.4 Å². The number of hydrogen-bond donors (Lipinski definition) is 2. The maximum atomic E-state index is 12.7. The van der Waals surface area contributed by atoms with E-state index in [2.05, 4.69) is 6.92 Å². The Morgan fingerprint density at radius 2 is 1.27 bits per heavy atom. The Balaban J connectivity index is 0.000000383. The van der Waals surface area contributed by atoms with Crippen molar-refractivity contribution in [1.82, 2.24) is 0 Å². The molecule has 0 aliphatic carbocycles. The third-order valence-electron chi connectivity index (χ3n) is 5.80. The summed E-state index contributed by atoms with van der Waals surface area (Å²) in [5.74, 6) is -3.56. The number of aliphatic carboxylic acids is 2. The zero-order valence-electron chi connectivity index (χ0n) is 19.9. The molecule has 7 heteroatoms. The molecule has 1 saturated heterocycles. The quantitative estimate of drug-likeness (QED) is 0.191. The van der Waals surface area contributed by atoms with Crippen LogP contribution < -0.4 is 0 Å². The van der Waals surface area contributed by atoms with Crippen molar-refractivity contribution in [2.45, 2.75) is 115 Å². The summed E-state index contributed by atoms with van der Waals surface area (Å²) in [7, 11) is 0. The van der Waals surface area contributed by atoms with Gasteiger partial charge >= 0.3 is 11.9 Å². The predicted octanol–water partition coefficient (Wildman–Crippen LogP) is 6.91. The Kier molecular flexibility index (Phi) is 15.3. The lowest BCUT2D eigenvalue weighted by molar-refractivity contribution is -0.137. The van der Waals surface area contributed by atoms with Gasteiger partial charge in [0, 0.05) is 12.0 Å². The number of carboxylic acid groups (broad SMARTS) is 2. The van der Waals surface area contributed by atoms with Crippen molar-refractivity contribution in [3.05, 3.63) is 35.4 Å². The summed E-state index contributed by atoms with van der Waals surface area (Å²) in [6.07, 6.45) is 17.0. The van der Waals surface area contributed by atoms with Gasteiger partial charge in [-0.25, -0.2) is 8.78 Å². The Morgan fingerprint density at radius 3 is 1.76 bits per heavy atom. The first kappa shape index (κ1) is 29.0. The number of carbonyl (C=O) groups is 2. The van der Waals surface area contributed by atoms with Crippen LogP contribution in [0, 0.1) is 11.6 Å². The zero-order chi connectivity index (χ0) is 24.5. The lowest BCUT2D eigenvalue weighted by Crippen LogP contribution is -2.04. The van der Waals surface area contributed by atoms with Crippen LogP contribution in [0.5, 0.6) is 0 Å². The number of epoxide rings is 1. The maximum absolute atomic E-state index is 12.7. The molecular weight excluding hydrogens is 430 g/mol. The third-order valence-corrected chi connectivity index (χ3v) is 5.80. The minimum absolute atomic E-state index is 0.325. The molecule has 0 aromatic heterocycles. The second-order valence-corrected chi connectivity index (χ2v) is 8.74. The fraction of sp³-hybridized carbons (Fsp3) is 0.692. The Hall–Kier alpha value is -2.02. The molecule has 1 heterocycles. The van der Waals surface area contributed by atoms with E-state index < -0.39 is 35.6 Å². The van der Waals surface area contributed by atoms with Crippen molar-refractivity contribution >= 4 is 11.9 Å². The summed E-state index contributed by atoms with van der Waals surface area (Å²) in [4.78, 5) is 20.5. The van der Waals surface area contributed by atoms with Crippen LogP contribution in [0.2, 0.25) is 0 Å². The van der Waals surface area contributed by atoms with E-state index in [0.29, 0.717) is 18.6 Å². The van der Waals surface area contributed by atoms with Crippen molar-refractivity contribution in [2.24, 2.45) is 0 Å². The zero-order valence-corrected chi connectivity index (χ0v) is 19.9. The van der Waals surface area contributed by atoms with Crippen molar-refractivity contribution < 1.29 is 33.3 Å². The SMILES string of the molecule is CCCCCCCCC1O[C@H]1CCCCCCCC(=O)O.O=C(O)Cc1c(F)cccc1F. The highest BCUT2D eigenvalue weighted by atomic mass is 19.1. The van der Waals surface area contributed by atoms with Crippen LogP contribution in [0.4, 0.5) is 8.78 Å². The van der Waals surface area contributed by atoms with Crippen LogP contribution in [-0.2, 0) is 20.7 Å². The van der Waals surface area contributed by atoms with E-state index in [1.807, 2.05) is 0 Å². The van der Waals surface area contributed by atoms with Gasteiger partial charge < -0.3 is 14.9 Å². The molecule has 2 atom stereocenters. The number of ether oxygens (including phenoxy) is 1. The standard InChI is InChI=1S/C18H34O3.C8H6F2O2/c1-2-3-4-5-7-10-13-16-17(21-16)14-11-8-6-9-12-15-18(19)20;9-6-2-1-3-7(10)5(6)4-8(11)12/h16-17H,2-15H2,1H3,(H,19,20);1-3H,4H2,(H,11,12)/t16?,17-;/m0./s1. The lowest BCUT2D eigenvalue weighted by atomic mass is 10.0. The van der Waals surface area contributed by atoms with E-state index >= 15 is 0 Å². The number of unbranched alkanes of at least 4 members (excludes halogenated alkanes) is 9. The predicted molar refractivity (Wildman–Crippen MR) is 124 cm³/mol. The molecule has 188 valence electrons. The van der Waals surface area contributed by atoms with Gasteiger partial charge in [-0.3, -0.25) is 9.59 Å². The van der Waals surface area contributed by atoms with E-state index in [9.17, 15) is 18.4 Å². The summed E-state index contributed by atoms with van der Waals surface area (Å²) >= 11 is 0. The van der Waals surface area contributed by atoms with E-state index in [-0.39, 0.29) is 0 Å². The van der Waals surface area contributed by atoms with Gasteiger partial charge in [0.2, 0.25) is 0 Å². The molecule has 0 radical (unpaired) electrons. The number of hydrogen-bond acceptors (Lipinski definition) is 3. The van der Waals surface area contributed by atoms with Gasteiger partial charge in [-0.15, -0.1) is 0 Å². The molecule has 2 N–H and O–H groups in total. The Bertz CT molecular complexity index is 675. The van der Waals surface area contributed by atoms with Gasteiger partial charge in [-0.2, -0.15) is 0 Å². The van der Waals surface area contributed by atoms with Gasteiger partial charge in [-0.1, -0.05) is 77.2 Å². The second-order valence-electron chi connectivity index (χ2n) is 8.74. The van der Waals surface area contributed by atoms with Crippen molar-refractivity contribution in [3.63, 3.8) is 0 Å². The summed E-state index contributed by atoms with van der Waals surface area (Å²) in [5.41, 5.74) is -0.398. The molecule has 1 aromatic carbocycles. The molecule has 33 heavy (non-hydrogen) atoms. The van der Waals surface area contributed by atoms with E-state index in [1.165, 1.54) is 76.7 Å². The average molecular weight is 471 g/mol. The molecule has 1 aliphatic rings. The molecule has 1 aliphatic heterocycles. The second kappa shape index (κ2) is 17.5. The van der Waals surface area contributed by atoms with Gasteiger partial charge in [0.15, 0.2) is 0 Å². The first-order chi connectivity index (χ1) is 15.8. The van der Waals surface area contributed by atoms with Gasteiger partial charge in [0.05, 0.1) is 18.6 Å². The summed E-state index contributed by atoms with van der Waals surface area (Å²) in [6, 6.07) is 3.25. The number of carboxylic acids is 2. The van der Waals surface area contributed by atoms with Gasteiger partial charge in [0.25, 0.3) is 0 Å². The molecular formula is C26H40F2O5. The molecule has 0 spiro atoms. The topological polar surface area (TPSA) is 87.1 Å². The highest BCUT2D eigenvalue weighted by Gasteiger charge is 2.36. The summed E-state index contributed by atoms with van der Waals surface area (Å²) in [6.45, 7) is 2.26. The first-order valence-electron chi connectivity index (χ1n) is 12.4. The minimum atomic E-state index is -1.25. The van der Waals surface area contributed by atoms with Gasteiger partial charge in [0.1, 0.15) is 11.6 Å². The highest BCUT2D eigenvalue weighted by Crippen LogP contribution is 2.31. The van der Waals surface area contributed by atoms with E-state index in [1.54, 1.807) is 0 Å². The van der Waals surface area contributed by atoms with Crippen LogP contribution in [0.15, 0.2) is 18.2 Å². The fourth-order valence-corrected chi connectivity index (χ4v) is 3.82. The molecule has 1 unspecified atom stereocenters. The van der Waals surface area contributed by atoms with Crippen LogP contribution >= 0.6 is 0 Å². The summed E-state index contributed by atoms with van der Waals surface area (Å²) in [5, 5.41) is 16.8. The molecule has 2 rings (SSSR count). The largest absolute Gasteiger partial charge is 0.481 e. The monoisotopic (exact) mass is 470 g/mol. The van der Waals surface area contributed by atoms with Crippen LogP contribution in [0.1, 0.15) is 102 Å². The molecule has 1 aromatic rings. The normalized spacial score (nSPS) is 16.7. The number of benzene rings is 1. The minimum Gasteiger partial charge on any atom is -0.481 e. The smallest absolute Gasteiger partial charge is 0.308 e. The van der Waals surface area contributed by atoms with Crippen molar-refractivity contribution in [1.29, 1.82) is 0 Å². The number of halogens is 2. The third kappa shape index (κ3) is 14.7. The van der Waals surface area contributed by atoms with E-state index in [0.717, 1.165) is 25.0 Å². The van der Waals surface area contributed by atoms with Crippen LogP contribution in [0.25, 0.3) is 0 Å². The first-order valence-corrected chi connectivity index (χ1v) is 12.4. The molecule has 0 bridgehead atoms. The van der Waals surface area contributed by atoms with Crippen LogP contribution in [0.3, 0.4) is 0 Å². The molecule has 0 saturated carbocycles. The molecule has 5 nitrogen and oxygen atoms in total. The Labute approximate surface area is 196 Å². The Morgan fingerprint density at radius 1 is 0.788 bits per heavy atom. The molecule has 0 amide bonds. The van der Waals surface area contributed by atoms with Crippen molar-refractivity contribution in [3.8, 4) is 0 Å². The summed E-state index contributed by atoms with van der Waals surface area (Å²) < 4.78 is 31.1. The fourth-order valence-electron chi connectivity index (χ4n) is 3.82. The van der Waals surface area contributed by atoms with E-state index in [4.69, 9.17) is 14.9 Å². The average Bonchev–Trinajstić information content (AvgIpc) is 3.51. The van der Waals surface area contributed by atoms with Crippen molar-refractivity contribution in [2.75, 3.05) is 0 Å². The van der Waals surface area contributed by atoms with Crippen LogP contribution in [-0.4, -0.2) is 34.4 Å². The molecule has 1 fully saturated rings. The highest BCUT2D eigenvalue weighted by molar-refractivity contribution is 5.70. The number of rotatable bonds is 17. The maximum Gasteiger partial charge on any atom is 0.308 e.